The molecule has 3 aromatic rings. The van der Waals surface area contributed by atoms with Crippen LogP contribution in [0.5, 0.6) is 0 Å². The summed E-state index contributed by atoms with van der Waals surface area (Å²) in [5.41, 5.74) is 6.95. The first-order chi connectivity index (χ1) is 11.5. The van der Waals surface area contributed by atoms with Crippen molar-refractivity contribution in [2.45, 2.75) is 11.4 Å². The predicted octanol–water partition coefficient (Wildman–Crippen LogP) is 2.97. The van der Waals surface area contributed by atoms with Crippen molar-refractivity contribution in [2.24, 2.45) is 0 Å². The summed E-state index contributed by atoms with van der Waals surface area (Å²) in [6.45, 7) is 0.402. The average Bonchev–Trinajstić information content (AvgIpc) is 2.96. The van der Waals surface area contributed by atoms with Crippen LogP contribution in [0.4, 0.5) is 11.6 Å². The second-order valence-electron chi connectivity index (χ2n) is 5.14. The van der Waals surface area contributed by atoms with Crippen LogP contribution in [0, 0.1) is 0 Å². The molecule has 1 aromatic heterocycles. The molecule has 3 N–H and O–H groups in total. The van der Waals surface area contributed by atoms with Crippen LogP contribution < -0.4 is 10.5 Å². The smallest absolute Gasteiger partial charge is 0.264 e. The SMILES string of the molecule is Nc1ccc(S(=O)(=O)Nc2nccn2Cc2ccccc2Cl)cc1. The normalized spacial score (nSPS) is 11.4. The standard InChI is InChI=1S/C16H15ClN4O2S/c17-15-4-2-1-3-12(15)11-21-10-9-19-16(21)20-24(22,23)14-7-5-13(18)6-8-14/h1-10H,11,18H2,(H,19,20). The van der Waals surface area contributed by atoms with Crippen LogP contribution in [0.15, 0.2) is 65.8 Å². The molecule has 0 radical (unpaired) electrons. The third kappa shape index (κ3) is 3.52. The van der Waals surface area contributed by atoms with Crippen LogP contribution in [0.1, 0.15) is 5.56 Å². The van der Waals surface area contributed by atoms with Gasteiger partial charge in [0.15, 0.2) is 0 Å². The third-order valence-electron chi connectivity index (χ3n) is 3.43. The molecule has 0 bridgehead atoms. The summed E-state index contributed by atoms with van der Waals surface area (Å²) < 4.78 is 29.1. The van der Waals surface area contributed by atoms with Gasteiger partial charge < -0.3 is 10.3 Å². The topological polar surface area (TPSA) is 90.0 Å². The Morgan fingerprint density at radius 2 is 1.83 bits per heavy atom. The fraction of sp³-hybridized carbons (Fsp3) is 0.0625. The van der Waals surface area contributed by atoms with Crippen molar-refractivity contribution in [3.63, 3.8) is 0 Å². The molecule has 24 heavy (non-hydrogen) atoms. The fourth-order valence-electron chi connectivity index (χ4n) is 2.18. The number of imidazole rings is 1. The van der Waals surface area contributed by atoms with Crippen molar-refractivity contribution in [1.29, 1.82) is 0 Å². The maximum Gasteiger partial charge on any atom is 0.264 e. The molecule has 124 valence electrons. The second kappa shape index (κ2) is 6.54. The molecule has 0 fully saturated rings. The molecule has 2 aromatic carbocycles. The molecule has 0 spiro atoms. The van der Waals surface area contributed by atoms with Gasteiger partial charge >= 0.3 is 0 Å². The number of hydrogen-bond donors (Lipinski definition) is 2. The highest BCUT2D eigenvalue weighted by Gasteiger charge is 2.17. The number of nitrogens with two attached hydrogens (primary N) is 1. The number of nitrogen functional groups attached to an aromatic ring is 1. The molecule has 0 aliphatic heterocycles. The van der Waals surface area contributed by atoms with E-state index in [1.165, 1.54) is 30.5 Å². The molecule has 0 unspecified atom stereocenters. The number of sulfonamides is 1. The first kappa shape index (κ1) is 16.4. The minimum atomic E-state index is -3.75. The van der Waals surface area contributed by atoms with Crippen LogP contribution in [-0.4, -0.2) is 18.0 Å². The fourth-order valence-corrected chi connectivity index (χ4v) is 3.40. The lowest BCUT2D eigenvalue weighted by Crippen LogP contribution is -2.17. The van der Waals surface area contributed by atoms with E-state index in [1.807, 2.05) is 18.2 Å². The van der Waals surface area contributed by atoms with Gasteiger partial charge in [-0.1, -0.05) is 29.8 Å². The molecule has 6 nitrogen and oxygen atoms in total. The first-order valence-electron chi connectivity index (χ1n) is 7.08. The summed E-state index contributed by atoms with van der Waals surface area (Å²) in [5, 5.41) is 0.610. The summed E-state index contributed by atoms with van der Waals surface area (Å²) >= 11 is 6.15. The van der Waals surface area contributed by atoms with Crippen molar-refractivity contribution >= 4 is 33.3 Å². The van der Waals surface area contributed by atoms with Crippen LogP contribution in [0.3, 0.4) is 0 Å². The van der Waals surface area contributed by atoms with Crippen LogP contribution >= 0.6 is 11.6 Å². The molecule has 1 heterocycles. The molecule has 0 amide bonds. The molecule has 0 aliphatic rings. The predicted molar refractivity (Wildman–Crippen MR) is 94.4 cm³/mol. The molecule has 0 saturated heterocycles. The van der Waals surface area contributed by atoms with E-state index < -0.39 is 10.0 Å². The van der Waals surface area contributed by atoms with Gasteiger partial charge in [-0.2, -0.15) is 0 Å². The van der Waals surface area contributed by atoms with Gasteiger partial charge in [0.05, 0.1) is 11.4 Å². The van der Waals surface area contributed by atoms with Crippen molar-refractivity contribution in [3.05, 3.63) is 71.5 Å². The van der Waals surface area contributed by atoms with E-state index >= 15 is 0 Å². The lowest BCUT2D eigenvalue weighted by atomic mass is 10.2. The van der Waals surface area contributed by atoms with E-state index in [0.717, 1.165) is 5.56 Å². The number of aromatic nitrogens is 2. The van der Waals surface area contributed by atoms with E-state index in [0.29, 0.717) is 17.3 Å². The summed E-state index contributed by atoms with van der Waals surface area (Å²) in [6, 6.07) is 13.3. The zero-order valence-corrected chi connectivity index (χ0v) is 14.1. The maximum atomic E-state index is 12.5. The minimum absolute atomic E-state index is 0.115. The average molecular weight is 363 g/mol. The molecular weight excluding hydrogens is 348 g/mol. The number of nitrogens with one attached hydrogen (secondary N) is 1. The summed E-state index contributed by atoms with van der Waals surface area (Å²) in [7, 11) is -3.75. The highest BCUT2D eigenvalue weighted by molar-refractivity contribution is 7.92. The lowest BCUT2D eigenvalue weighted by molar-refractivity contribution is 0.600. The Hall–Kier alpha value is -2.51. The molecule has 0 aliphatic carbocycles. The van der Waals surface area contributed by atoms with Crippen molar-refractivity contribution in [3.8, 4) is 0 Å². The third-order valence-corrected chi connectivity index (χ3v) is 5.14. The van der Waals surface area contributed by atoms with Gasteiger partial charge in [0.2, 0.25) is 5.95 Å². The largest absolute Gasteiger partial charge is 0.399 e. The van der Waals surface area contributed by atoms with Gasteiger partial charge in [0.1, 0.15) is 0 Å². The Kier molecular flexibility index (Phi) is 4.46. The van der Waals surface area contributed by atoms with Gasteiger partial charge in [-0.15, -0.1) is 0 Å². The van der Waals surface area contributed by atoms with Crippen LogP contribution in [-0.2, 0) is 16.6 Å². The van der Waals surface area contributed by atoms with E-state index in [4.69, 9.17) is 17.3 Å². The number of rotatable bonds is 5. The van der Waals surface area contributed by atoms with E-state index in [2.05, 4.69) is 9.71 Å². The van der Waals surface area contributed by atoms with Crippen LogP contribution in [0.25, 0.3) is 0 Å². The monoisotopic (exact) mass is 362 g/mol. The number of nitrogens with zero attached hydrogens (tertiary/aromatic N) is 2. The lowest BCUT2D eigenvalue weighted by Gasteiger charge is -2.11. The van der Waals surface area contributed by atoms with Crippen molar-refractivity contribution in [1.82, 2.24) is 9.55 Å². The zero-order valence-electron chi connectivity index (χ0n) is 12.6. The summed E-state index contributed by atoms with van der Waals surface area (Å²) in [5.74, 6) is 0.215. The first-order valence-corrected chi connectivity index (χ1v) is 8.95. The summed E-state index contributed by atoms with van der Waals surface area (Å²) in [6.07, 6.45) is 3.21. The molecule has 3 rings (SSSR count). The van der Waals surface area contributed by atoms with Crippen LogP contribution in [0.2, 0.25) is 5.02 Å². The Morgan fingerprint density at radius 1 is 1.12 bits per heavy atom. The minimum Gasteiger partial charge on any atom is -0.399 e. The highest BCUT2D eigenvalue weighted by atomic mass is 35.5. The Balaban J connectivity index is 1.85. The zero-order chi connectivity index (χ0) is 17.2. The molecule has 0 saturated carbocycles. The molecule has 8 heteroatoms. The maximum absolute atomic E-state index is 12.5. The van der Waals surface area contributed by atoms with Gasteiger partial charge in [0, 0.05) is 23.1 Å². The Labute approximate surface area is 145 Å². The van der Waals surface area contributed by atoms with Crippen molar-refractivity contribution < 1.29 is 8.42 Å². The highest BCUT2D eigenvalue weighted by Crippen LogP contribution is 2.20. The summed E-state index contributed by atoms with van der Waals surface area (Å²) in [4.78, 5) is 4.19. The van der Waals surface area contributed by atoms with E-state index in [9.17, 15) is 8.42 Å². The molecule has 0 atom stereocenters. The second-order valence-corrected chi connectivity index (χ2v) is 7.23. The number of benzene rings is 2. The van der Waals surface area contributed by atoms with E-state index in [-0.39, 0.29) is 10.8 Å². The quantitative estimate of drug-likeness (QED) is 0.683. The Morgan fingerprint density at radius 3 is 2.54 bits per heavy atom. The van der Waals surface area contributed by atoms with Crippen molar-refractivity contribution in [2.75, 3.05) is 10.5 Å². The van der Waals surface area contributed by atoms with Gasteiger partial charge in [0.25, 0.3) is 10.0 Å². The van der Waals surface area contributed by atoms with Gasteiger partial charge in [-0.05, 0) is 35.9 Å². The Bertz CT molecular complexity index is 952. The van der Waals surface area contributed by atoms with Gasteiger partial charge in [-0.3, -0.25) is 0 Å². The van der Waals surface area contributed by atoms with Gasteiger partial charge in [-0.25, -0.2) is 18.1 Å². The number of hydrogen-bond acceptors (Lipinski definition) is 4. The number of halogens is 1. The molecular formula is C16H15ClN4O2S. The number of anilines is 2. The van der Waals surface area contributed by atoms with E-state index in [1.54, 1.807) is 16.8 Å².